The van der Waals surface area contributed by atoms with E-state index in [0.717, 1.165) is 17.7 Å². The normalized spacial score (nSPS) is 10.2. The van der Waals surface area contributed by atoms with Crippen LogP contribution in [-0.2, 0) is 6.42 Å². The van der Waals surface area contributed by atoms with Gasteiger partial charge >= 0.3 is 0 Å². The van der Waals surface area contributed by atoms with Crippen molar-refractivity contribution in [2.24, 2.45) is 0 Å². The highest BCUT2D eigenvalue weighted by Gasteiger charge is 2.06. The van der Waals surface area contributed by atoms with Gasteiger partial charge in [0.05, 0.1) is 0 Å². The van der Waals surface area contributed by atoms with Gasteiger partial charge < -0.3 is 4.74 Å². The van der Waals surface area contributed by atoms with Gasteiger partial charge in [0, 0.05) is 5.56 Å². The van der Waals surface area contributed by atoms with E-state index in [1.807, 2.05) is 55.5 Å². The Labute approximate surface area is 114 Å². The number of ether oxygens (including phenoxy) is 1. The number of benzene rings is 2. The smallest absolute Gasteiger partial charge is 0.200 e. The Morgan fingerprint density at radius 1 is 1.11 bits per heavy atom. The van der Waals surface area contributed by atoms with Crippen LogP contribution in [0, 0.1) is 6.92 Å². The number of rotatable bonds is 5. The van der Waals surface area contributed by atoms with Crippen molar-refractivity contribution in [3.8, 4) is 5.75 Å². The van der Waals surface area contributed by atoms with Crippen molar-refractivity contribution < 1.29 is 9.53 Å². The van der Waals surface area contributed by atoms with Crippen molar-refractivity contribution >= 4 is 5.78 Å². The lowest BCUT2D eigenvalue weighted by atomic mass is 10.1. The molecule has 2 heteroatoms. The van der Waals surface area contributed by atoms with Crippen molar-refractivity contribution in [3.63, 3.8) is 0 Å². The highest BCUT2D eigenvalue weighted by atomic mass is 16.5. The molecule has 0 bridgehead atoms. The summed E-state index contributed by atoms with van der Waals surface area (Å²) >= 11 is 0. The van der Waals surface area contributed by atoms with E-state index in [1.54, 1.807) is 0 Å². The van der Waals surface area contributed by atoms with Crippen LogP contribution in [0.4, 0.5) is 0 Å². The molecule has 0 aliphatic carbocycles. The van der Waals surface area contributed by atoms with Gasteiger partial charge in [0.2, 0.25) is 0 Å². The average Bonchev–Trinajstić information content (AvgIpc) is 2.45. The molecule has 2 nitrogen and oxygen atoms in total. The second-order valence-electron chi connectivity index (χ2n) is 4.58. The summed E-state index contributed by atoms with van der Waals surface area (Å²) in [5.74, 6) is 0.739. The molecular weight excluding hydrogens is 236 g/mol. The van der Waals surface area contributed by atoms with Gasteiger partial charge in [0.15, 0.2) is 12.4 Å². The summed E-state index contributed by atoms with van der Waals surface area (Å²) in [6.07, 6.45) is 0.980. The Balaban J connectivity index is 1.97. The molecule has 0 aliphatic heterocycles. The third kappa shape index (κ3) is 3.68. The predicted molar refractivity (Wildman–Crippen MR) is 76.8 cm³/mol. The molecule has 0 amide bonds. The van der Waals surface area contributed by atoms with Crippen LogP contribution >= 0.6 is 0 Å². The maximum Gasteiger partial charge on any atom is 0.200 e. The lowest BCUT2D eigenvalue weighted by Gasteiger charge is -2.06. The van der Waals surface area contributed by atoms with Crippen molar-refractivity contribution in [2.75, 3.05) is 6.61 Å². The number of carbonyl (C=O) groups is 1. The van der Waals surface area contributed by atoms with E-state index in [4.69, 9.17) is 4.74 Å². The number of Topliss-reactive ketones (excluding diaryl/α,β-unsaturated/α-hetero) is 1. The maximum absolute atomic E-state index is 12.0. The number of hydrogen-bond acceptors (Lipinski definition) is 2. The molecule has 2 aromatic rings. The van der Waals surface area contributed by atoms with Crippen molar-refractivity contribution in [1.29, 1.82) is 0 Å². The quantitative estimate of drug-likeness (QED) is 0.758. The predicted octanol–water partition coefficient (Wildman–Crippen LogP) is 3.82. The Bertz CT molecular complexity index is 556. The minimum Gasteiger partial charge on any atom is -0.485 e. The van der Waals surface area contributed by atoms with Crippen LogP contribution in [-0.4, -0.2) is 12.4 Å². The molecule has 2 aromatic carbocycles. The molecule has 0 spiro atoms. The third-order valence-corrected chi connectivity index (χ3v) is 3.04. The standard InChI is InChI=1S/C17H18O2/c1-3-14-7-9-15(10-8-14)17(18)12-19-16-6-4-5-13(2)11-16/h4-11H,3,12H2,1-2H3. The third-order valence-electron chi connectivity index (χ3n) is 3.04. The summed E-state index contributed by atoms with van der Waals surface area (Å²) in [5.41, 5.74) is 3.05. The highest BCUT2D eigenvalue weighted by Crippen LogP contribution is 2.13. The second-order valence-corrected chi connectivity index (χ2v) is 4.58. The first-order chi connectivity index (χ1) is 9.19. The molecule has 0 aromatic heterocycles. The molecule has 0 atom stereocenters. The van der Waals surface area contributed by atoms with Crippen molar-refractivity contribution in [3.05, 3.63) is 65.2 Å². The van der Waals surface area contributed by atoms with Gasteiger partial charge in [-0.05, 0) is 36.6 Å². The molecule has 0 fully saturated rings. The molecule has 0 heterocycles. The number of hydrogen-bond donors (Lipinski definition) is 0. The first-order valence-corrected chi connectivity index (χ1v) is 6.50. The molecule has 0 radical (unpaired) electrons. The molecule has 2 rings (SSSR count). The van der Waals surface area contributed by atoms with Crippen LogP contribution in [0.1, 0.15) is 28.4 Å². The maximum atomic E-state index is 12.0. The zero-order chi connectivity index (χ0) is 13.7. The van der Waals surface area contributed by atoms with E-state index < -0.39 is 0 Å². The highest BCUT2D eigenvalue weighted by molar-refractivity contribution is 5.97. The monoisotopic (exact) mass is 254 g/mol. The Morgan fingerprint density at radius 2 is 1.84 bits per heavy atom. The molecule has 0 aliphatic rings. The van der Waals surface area contributed by atoms with Gasteiger partial charge in [-0.1, -0.05) is 43.3 Å². The van der Waals surface area contributed by atoms with Crippen LogP contribution in [0.5, 0.6) is 5.75 Å². The van der Waals surface area contributed by atoms with Crippen LogP contribution in [0.25, 0.3) is 0 Å². The van der Waals surface area contributed by atoms with Gasteiger partial charge in [0.1, 0.15) is 5.75 Å². The Morgan fingerprint density at radius 3 is 2.47 bits per heavy atom. The van der Waals surface area contributed by atoms with E-state index >= 15 is 0 Å². The van der Waals surface area contributed by atoms with Crippen LogP contribution < -0.4 is 4.74 Å². The summed E-state index contributed by atoms with van der Waals surface area (Å²) in [7, 11) is 0. The van der Waals surface area contributed by atoms with E-state index in [1.165, 1.54) is 5.56 Å². The minimum atomic E-state index is 0.00385. The zero-order valence-corrected chi connectivity index (χ0v) is 11.3. The zero-order valence-electron chi connectivity index (χ0n) is 11.3. The summed E-state index contributed by atoms with van der Waals surface area (Å²) in [4.78, 5) is 12.0. The summed E-state index contributed by atoms with van der Waals surface area (Å²) in [5, 5.41) is 0. The van der Waals surface area contributed by atoms with Crippen molar-refractivity contribution in [1.82, 2.24) is 0 Å². The van der Waals surface area contributed by atoms with Crippen LogP contribution in [0.3, 0.4) is 0 Å². The lowest BCUT2D eigenvalue weighted by molar-refractivity contribution is 0.0921. The van der Waals surface area contributed by atoms with Gasteiger partial charge in [-0.3, -0.25) is 4.79 Å². The van der Waals surface area contributed by atoms with Gasteiger partial charge in [0.25, 0.3) is 0 Å². The molecule has 19 heavy (non-hydrogen) atoms. The Kier molecular flexibility index (Phi) is 4.35. The first-order valence-electron chi connectivity index (χ1n) is 6.50. The molecule has 0 N–H and O–H groups in total. The van der Waals surface area contributed by atoms with Gasteiger partial charge in [-0.2, -0.15) is 0 Å². The molecule has 0 saturated heterocycles. The van der Waals surface area contributed by atoms with Gasteiger partial charge in [-0.15, -0.1) is 0 Å². The fourth-order valence-electron chi connectivity index (χ4n) is 1.86. The summed E-state index contributed by atoms with van der Waals surface area (Å²) < 4.78 is 5.51. The number of carbonyl (C=O) groups excluding carboxylic acids is 1. The number of aryl methyl sites for hydroxylation is 2. The van der Waals surface area contributed by atoms with Crippen LogP contribution in [0.15, 0.2) is 48.5 Å². The van der Waals surface area contributed by atoms with Crippen LogP contribution in [0.2, 0.25) is 0 Å². The average molecular weight is 254 g/mol. The summed E-state index contributed by atoms with van der Waals surface area (Å²) in [6, 6.07) is 15.4. The van der Waals surface area contributed by atoms with E-state index in [9.17, 15) is 4.79 Å². The lowest BCUT2D eigenvalue weighted by Crippen LogP contribution is -2.11. The SMILES string of the molecule is CCc1ccc(C(=O)COc2cccc(C)c2)cc1. The second kappa shape index (κ2) is 6.19. The largest absolute Gasteiger partial charge is 0.485 e. The number of ketones is 1. The molecule has 98 valence electrons. The summed E-state index contributed by atoms with van der Waals surface area (Å²) in [6.45, 7) is 4.17. The fraction of sp³-hybridized carbons (Fsp3) is 0.235. The molecule has 0 saturated carbocycles. The minimum absolute atomic E-state index is 0.00385. The topological polar surface area (TPSA) is 26.3 Å². The molecule has 0 unspecified atom stereocenters. The van der Waals surface area contributed by atoms with E-state index in [-0.39, 0.29) is 12.4 Å². The fourth-order valence-corrected chi connectivity index (χ4v) is 1.86. The van der Waals surface area contributed by atoms with Gasteiger partial charge in [-0.25, -0.2) is 0 Å². The van der Waals surface area contributed by atoms with Crippen molar-refractivity contribution in [2.45, 2.75) is 20.3 Å². The van der Waals surface area contributed by atoms with E-state index in [2.05, 4.69) is 6.92 Å². The Hall–Kier alpha value is -2.09. The molecular formula is C17H18O2. The van der Waals surface area contributed by atoms with E-state index in [0.29, 0.717) is 5.56 Å². The first kappa shape index (κ1) is 13.3.